The third-order valence-corrected chi connectivity index (χ3v) is 5.11. The smallest absolute Gasteiger partial charge is 0.335 e. The number of nitro groups is 1. The Hall–Kier alpha value is -4.92. The average molecular weight is 444 g/mol. The number of nitrogens with zero attached hydrogens (tertiary/aromatic N) is 2. The maximum Gasteiger partial charge on any atom is 0.335 e. The summed E-state index contributed by atoms with van der Waals surface area (Å²) in [4.78, 5) is 35.0. The SMILES string of the molecule is O=C(O)c1ccc(-n2c(O)c(O)c(C(=O)c3ccccc3)c2-c2ccc([N+](=O)[O-])cc2)cc1. The molecule has 9 heteroatoms. The lowest BCUT2D eigenvalue weighted by Gasteiger charge is -2.12. The van der Waals surface area contributed by atoms with Crippen molar-refractivity contribution in [2.45, 2.75) is 0 Å². The number of non-ortho nitro benzene ring substituents is 1. The zero-order valence-corrected chi connectivity index (χ0v) is 16.9. The molecule has 0 bridgehead atoms. The monoisotopic (exact) mass is 444 g/mol. The molecule has 0 aliphatic heterocycles. The van der Waals surface area contributed by atoms with Crippen molar-refractivity contribution in [3.05, 3.63) is 106 Å². The Morgan fingerprint density at radius 2 is 1.42 bits per heavy atom. The van der Waals surface area contributed by atoms with Gasteiger partial charge >= 0.3 is 5.97 Å². The number of ketones is 1. The van der Waals surface area contributed by atoms with Crippen LogP contribution in [0.5, 0.6) is 11.6 Å². The number of benzene rings is 3. The highest BCUT2D eigenvalue weighted by atomic mass is 16.6. The van der Waals surface area contributed by atoms with E-state index in [0.717, 1.165) is 0 Å². The van der Waals surface area contributed by atoms with Crippen molar-refractivity contribution in [1.29, 1.82) is 0 Å². The van der Waals surface area contributed by atoms with Crippen LogP contribution in [0.15, 0.2) is 78.9 Å². The standard InChI is InChI=1S/C24H16N2O7/c27-21(15-4-2-1-3-5-15)19-20(14-6-12-18(13-7-14)26(32)33)25(23(29)22(19)28)17-10-8-16(9-11-17)24(30)31/h1-13,28-29H,(H,30,31). The molecule has 1 aromatic heterocycles. The second-order valence-corrected chi connectivity index (χ2v) is 7.08. The summed E-state index contributed by atoms with van der Waals surface area (Å²) in [5, 5.41) is 41.7. The predicted octanol–water partition coefficient (Wildman–Crippen LogP) is 4.39. The van der Waals surface area contributed by atoms with Crippen molar-refractivity contribution in [3.8, 4) is 28.6 Å². The van der Waals surface area contributed by atoms with Gasteiger partial charge in [0.15, 0.2) is 11.5 Å². The van der Waals surface area contributed by atoms with Gasteiger partial charge in [-0.1, -0.05) is 30.3 Å². The fourth-order valence-corrected chi connectivity index (χ4v) is 3.52. The molecule has 0 saturated heterocycles. The van der Waals surface area contributed by atoms with Crippen LogP contribution in [0.3, 0.4) is 0 Å². The Morgan fingerprint density at radius 3 is 1.97 bits per heavy atom. The lowest BCUT2D eigenvalue weighted by Crippen LogP contribution is -2.05. The van der Waals surface area contributed by atoms with Gasteiger partial charge in [0.1, 0.15) is 0 Å². The van der Waals surface area contributed by atoms with Crippen LogP contribution in [0.4, 0.5) is 5.69 Å². The molecule has 164 valence electrons. The van der Waals surface area contributed by atoms with Gasteiger partial charge in [-0.25, -0.2) is 4.79 Å². The third-order valence-electron chi connectivity index (χ3n) is 5.11. The lowest BCUT2D eigenvalue weighted by atomic mass is 9.99. The summed E-state index contributed by atoms with van der Waals surface area (Å²) in [7, 11) is 0. The molecule has 0 saturated carbocycles. The lowest BCUT2D eigenvalue weighted by molar-refractivity contribution is -0.384. The van der Waals surface area contributed by atoms with Crippen molar-refractivity contribution >= 4 is 17.4 Å². The molecular formula is C24H16N2O7. The summed E-state index contributed by atoms with van der Waals surface area (Å²) in [6, 6.07) is 18.9. The van der Waals surface area contributed by atoms with Crippen molar-refractivity contribution in [2.75, 3.05) is 0 Å². The van der Waals surface area contributed by atoms with Crippen molar-refractivity contribution in [1.82, 2.24) is 4.57 Å². The van der Waals surface area contributed by atoms with Gasteiger partial charge in [-0.15, -0.1) is 0 Å². The summed E-state index contributed by atoms with van der Waals surface area (Å²) >= 11 is 0. The van der Waals surface area contributed by atoms with Gasteiger partial charge in [0.2, 0.25) is 5.88 Å². The molecule has 4 rings (SSSR count). The van der Waals surface area contributed by atoms with Gasteiger partial charge in [-0.3, -0.25) is 19.5 Å². The predicted molar refractivity (Wildman–Crippen MR) is 118 cm³/mol. The van der Waals surface area contributed by atoms with Crippen LogP contribution in [0.2, 0.25) is 0 Å². The fourth-order valence-electron chi connectivity index (χ4n) is 3.52. The summed E-state index contributed by atoms with van der Waals surface area (Å²) in [5.74, 6) is -3.01. The van der Waals surface area contributed by atoms with E-state index in [4.69, 9.17) is 5.11 Å². The second-order valence-electron chi connectivity index (χ2n) is 7.08. The number of hydrogen-bond donors (Lipinski definition) is 3. The topological polar surface area (TPSA) is 143 Å². The van der Waals surface area contributed by atoms with E-state index in [1.807, 2.05) is 0 Å². The van der Waals surface area contributed by atoms with Crippen LogP contribution in [0.1, 0.15) is 26.3 Å². The highest BCUT2D eigenvalue weighted by molar-refractivity contribution is 6.15. The maximum atomic E-state index is 13.3. The number of hydrogen-bond acceptors (Lipinski definition) is 6. The van der Waals surface area contributed by atoms with E-state index >= 15 is 0 Å². The van der Waals surface area contributed by atoms with E-state index in [1.54, 1.807) is 30.3 Å². The van der Waals surface area contributed by atoms with E-state index in [1.165, 1.54) is 53.1 Å². The highest BCUT2D eigenvalue weighted by Crippen LogP contribution is 2.44. The molecule has 0 spiro atoms. The van der Waals surface area contributed by atoms with E-state index < -0.39 is 28.3 Å². The number of carbonyl (C=O) groups is 2. The molecule has 1 heterocycles. The van der Waals surface area contributed by atoms with E-state index in [9.17, 15) is 29.9 Å². The minimum atomic E-state index is -1.14. The summed E-state index contributed by atoms with van der Waals surface area (Å²) in [6.07, 6.45) is 0. The zero-order chi connectivity index (χ0) is 23.7. The molecule has 3 N–H and O–H groups in total. The number of aromatic hydroxyl groups is 2. The first-order chi connectivity index (χ1) is 15.8. The third kappa shape index (κ3) is 3.79. The van der Waals surface area contributed by atoms with E-state index in [2.05, 4.69) is 0 Å². The van der Waals surface area contributed by atoms with Crippen molar-refractivity contribution in [3.63, 3.8) is 0 Å². The Morgan fingerprint density at radius 1 is 0.818 bits per heavy atom. The molecular weight excluding hydrogens is 428 g/mol. The van der Waals surface area contributed by atoms with E-state index in [-0.39, 0.29) is 33.8 Å². The van der Waals surface area contributed by atoms with Crippen LogP contribution in [-0.4, -0.2) is 36.6 Å². The molecule has 4 aromatic rings. The first-order valence-electron chi connectivity index (χ1n) is 9.64. The summed E-state index contributed by atoms with van der Waals surface area (Å²) < 4.78 is 1.19. The number of carboxylic acids is 1. The van der Waals surface area contributed by atoms with Gasteiger partial charge < -0.3 is 15.3 Å². The van der Waals surface area contributed by atoms with Crippen LogP contribution in [0, 0.1) is 10.1 Å². The van der Waals surface area contributed by atoms with Gasteiger partial charge in [0, 0.05) is 28.9 Å². The number of carboxylic acid groups (broad SMARTS) is 1. The Balaban J connectivity index is 1.99. The Bertz CT molecular complexity index is 1370. The quantitative estimate of drug-likeness (QED) is 0.227. The first kappa shape index (κ1) is 21.3. The van der Waals surface area contributed by atoms with Gasteiger partial charge in [-0.2, -0.15) is 0 Å². The molecule has 9 nitrogen and oxygen atoms in total. The maximum absolute atomic E-state index is 13.3. The number of rotatable bonds is 6. The largest absolute Gasteiger partial charge is 0.503 e. The summed E-state index contributed by atoms with van der Waals surface area (Å²) in [6.45, 7) is 0. The number of aromatic carboxylic acids is 1. The molecule has 0 unspecified atom stereocenters. The van der Waals surface area contributed by atoms with Gasteiger partial charge in [-0.05, 0) is 36.4 Å². The minimum absolute atomic E-state index is 0.00656. The van der Waals surface area contributed by atoms with Crippen molar-refractivity contribution < 1.29 is 29.8 Å². The molecule has 3 aromatic carbocycles. The number of carbonyl (C=O) groups excluding carboxylic acids is 1. The zero-order valence-electron chi connectivity index (χ0n) is 16.9. The molecule has 0 fully saturated rings. The Labute approximate surface area is 186 Å². The molecule has 0 aliphatic rings. The van der Waals surface area contributed by atoms with E-state index in [0.29, 0.717) is 5.56 Å². The molecule has 33 heavy (non-hydrogen) atoms. The first-order valence-corrected chi connectivity index (χ1v) is 9.64. The normalized spacial score (nSPS) is 10.7. The molecule has 0 amide bonds. The second kappa shape index (κ2) is 8.31. The number of nitro benzene ring substituents is 1. The highest BCUT2D eigenvalue weighted by Gasteiger charge is 2.30. The number of aromatic nitrogens is 1. The van der Waals surface area contributed by atoms with Gasteiger partial charge in [0.25, 0.3) is 5.69 Å². The van der Waals surface area contributed by atoms with Gasteiger partial charge in [0.05, 0.1) is 21.7 Å². The molecule has 0 aliphatic carbocycles. The average Bonchev–Trinajstić information content (AvgIpc) is 3.09. The molecule has 0 radical (unpaired) electrons. The van der Waals surface area contributed by atoms with Crippen LogP contribution in [-0.2, 0) is 0 Å². The van der Waals surface area contributed by atoms with Crippen molar-refractivity contribution in [2.24, 2.45) is 0 Å². The van der Waals surface area contributed by atoms with Crippen LogP contribution < -0.4 is 0 Å². The van der Waals surface area contributed by atoms with Crippen LogP contribution >= 0.6 is 0 Å². The Kier molecular flexibility index (Phi) is 5.37. The summed E-state index contributed by atoms with van der Waals surface area (Å²) in [5.41, 5.74) is 0.575. The molecule has 0 atom stereocenters. The fraction of sp³-hybridized carbons (Fsp3) is 0. The minimum Gasteiger partial charge on any atom is -0.503 e. The van der Waals surface area contributed by atoms with Crippen LogP contribution in [0.25, 0.3) is 16.9 Å².